The smallest absolute Gasteiger partial charge is 0.255 e. The van der Waals surface area contributed by atoms with Crippen LogP contribution < -0.4 is 16.4 Å². The van der Waals surface area contributed by atoms with Gasteiger partial charge in [-0.25, -0.2) is 0 Å². The third-order valence-corrected chi connectivity index (χ3v) is 8.38. The lowest BCUT2D eigenvalue weighted by Gasteiger charge is -2.50. The summed E-state index contributed by atoms with van der Waals surface area (Å²) in [5, 5.41) is 45.8. The summed E-state index contributed by atoms with van der Waals surface area (Å²) in [4.78, 5) is 42.8. The van der Waals surface area contributed by atoms with Crippen molar-refractivity contribution in [3.63, 3.8) is 0 Å². The van der Waals surface area contributed by atoms with Crippen molar-refractivity contribution in [2.75, 3.05) is 38.8 Å². The van der Waals surface area contributed by atoms with Gasteiger partial charge in [-0.3, -0.25) is 19.3 Å². The minimum Gasteiger partial charge on any atom is -0.508 e. The topological polar surface area (TPSA) is 191 Å². The number of rotatable bonds is 4. The molecule has 2 unspecified atom stereocenters. The van der Waals surface area contributed by atoms with Gasteiger partial charge in [-0.05, 0) is 62.2 Å². The summed E-state index contributed by atoms with van der Waals surface area (Å²) < 4.78 is 0. The number of benzene rings is 2. The fraction of sp³-hybridized carbons (Fsp3) is 0.345. The number of phenols is 1. The molecule has 3 aliphatic carbocycles. The fourth-order valence-corrected chi connectivity index (χ4v) is 6.62. The lowest BCUT2D eigenvalue weighted by atomic mass is 9.57. The van der Waals surface area contributed by atoms with Gasteiger partial charge in [-0.2, -0.15) is 0 Å². The van der Waals surface area contributed by atoms with E-state index in [-0.39, 0.29) is 29.7 Å². The van der Waals surface area contributed by atoms with Crippen LogP contribution in [0, 0.1) is 11.8 Å². The molecule has 1 fully saturated rings. The number of aliphatic hydroxyl groups excluding tert-OH is 2. The zero-order chi connectivity index (χ0) is 29.4. The van der Waals surface area contributed by atoms with Gasteiger partial charge in [-0.15, -0.1) is 0 Å². The molecule has 3 aliphatic rings. The Morgan fingerprint density at radius 2 is 1.75 bits per heavy atom. The molecule has 4 atom stereocenters. The number of amides is 1. The van der Waals surface area contributed by atoms with Crippen LogP contribution in [0.2, 0.25) is 0 Å². The number of hydrogen-bond acceptors (Lipinski definition) is 10. The van der Waals surface area contributed by atoms with Crippen LogP contribution >= 0.6 is 0 Å². The number of primary amides is 1. The van der Waals surface area contributed by atoms with Crippen molar-refractivity contribution in [2.45, 2.75) is 24.5 Å². The van der Waals surface area contributed by atoms with E-state index in [1.165, 1.54) is 4.90 Å². The molecule has 8 N–H and O–H groups in total. The lowest BCUT2D eigenvalue weighted by molar-refractivity contribution is -0.153. The number of ketones is 2. The third-order valence-electron chi connectivity index (χ3n) is 8.38. The van der Waals surface area contributed by atoms with E-state index < -0.39 is 58.0 Å². The van der Waals surface area contributed by atoms with Crippen LogP contribution in [0.1, 0.15) is 17.5 Å². The molecule has 11 heteroatoms. The van der Waals surface area contributed by atoms with Crippen LogP contribution in [-0.4, -0.2) is 82.6 Å². The molecule has 0 heterocycles. The first-order valence-electron chi connectivity index (χ1n) is 12.8. The number of Topliss-reactive ketones (excluding diaryl/α,β-unsaturated/α-hetero) is 2. The summed E-state index contributed by atoms with van der Waals surface area (Å²) in [7, 11) is 6.75. The van der Waals surface area contributed by atoms with Crippen LogP contribution in [-0.2, 0) is 20.8 Å². The van der Waals surface area contributed by atoms with Gasteiger partial charge < -0.3 is 36.8 Å². The molecule has 11 nitrogen and oxygen atoms in total. The monoisotopic (exact) mass is 548 g/mol. The minimum atomic E-state index is -2.68. The van der Waals surface area contributed by atoms with Crippen LogP contribution in [0.25, 0.3) is 16.9 Å². The minimum absolute atomic E-state index is 0.0242. The van der Waals surface area contributed by atoms with E-state index in [4.69, 9.17) is 11.5 Å². The van der Waals surface area contributed by atoms with E-state index in [1.807, 2.05) is 19.0 Å². The van der Waals surface area contributed by atoms with Gasteiger partial charge in [0.1, 0.15) is 22.8 Å². The van der Waals surface area contributed by atoms with E-state index in [9.17, 15) is 34.8 Å². The summed E-state index contributed by atoms with van der Waals surface area (Å²) in [5.74, 6) is -6.83. The zero-order valence-corrected chi connectivity index (χ0v) is 22.6. The molecule has 0 aromatic heterocycles. The Morgan fingerprint density at radius 1 is 1.07 bits per heavy atom. The third kappa shape index (κ3) is 3.61. The molecular weight excluding hydrogens is 516 g/mol. The highest BCUT2D eigenvalue weighted by Crippen LogP contribution is 2.54. The second kappa shape index (κ2) is 9.10. The van der Waals surface area contributed by atoms with Gasteiger partial charge in [-0.1, -0.05) is 12.1 Å². The number of carbonyl (C=O) groups excluding carboxylic acids is 3. The highest BCUT2D eigenvalue weighted by atomic mass is 16.3. The van der Waals surface area contributed by atoms with Gasteiger partial charge in [0, 0.05) is 42.5 Å². The second-order valence-corrected chi connectivity index (χ2v) is 11.1. The zero-order valence-electron chi connectivity index (χ0n) is 22.6. The summed E-state index contributed by atoms with van der Waals surface area (Å²) in [5.41, 5.74) is 10.3. The number of fused-ring (bicyclic) bond motifs is 3. The van der Waals surface area contributed by atoms with Crippen molar-refractivity contribution >= 4 is 34.6 Å². The summed E-state index contributed by atoms with van der Waals surface area (Å²) in [6, 6.07) is 7.49. The largest absolute Gasteiger partial charge is 0.508 e. The van der Waals surface area contributed by atoms with Crippen molar-refractivity contribution < 1.29 is 34.8 Å². The maximum atomic E-state index is 14.1. The van der Waals surface area contributed by atoms with E-state index in [0.29, 0.717) is 28.1 Å². The molecule has 0 saturated heterocycles. The van der Waals surface area contributed by atoms with Crippen LogP contribution in [0.5, 0.6) is 5.75 Å². The Kier molecular flexibility index (Phi) is 6.20. The van der Waals surface area contributed by atoms with E-state index in [1.54, 1.807) is 44.4 Å². The first kappa shape index (κ1) is 27.2. The predicted molar refractivity (Wildman–Crippen MR) is 148 cm³/mol. The number of nitrogens with zero attached hydrogens (tertiary/aromatic N) is 2. The Balaban J connectivity index is 1.78. The number of hydrogen-bond donors (Lipinski definition) is 6. The molecule has 2 aromatic rings. The number of aromatic hydroxyl groups is 1. The summed E-state index contributed by atoms with van der Waals surface area (Å²) in [6.07, 6.45) is 0.225. The molecule has 2 aromatic carbocycles. The number of anilines is 2. The molecule has 210 valence electrons. The van der Waals surface area contributed by atoms with Gasteiger partial charge in [0.2, 0.25) is 5.78 Å². The summed E-state index contributed by atoms with van der Waals surface area (Å²) in [6.45, 7) is 0. The molecule has 1 amide bonds. The lowest BCUT2D eigenvalue weighted by Crippen LogP contribution is -2.65. The van der Waals surface area contributed by atoms with Gasteiger partial charge in [0.25, 0.3) is 5.91 Å². The van der Waals surface area contributed by atoms with E-state index in [0.717, 1.165) is 0 Å². The average Bonchev–Trinajstić information content (AvgIpc) is 2.85. The Labute approximate surface area is 230 Å². The number of carbonyl (C=O) groups is 3. The molecule has 0 spiro atoms. The molecule has 0 aliphatic heterocycles. The highest BCUT2D eigenvalue weighted by Gasteiger charge is 2.64. The van der Waals surface area contributed by atoms with Crippen molar-refractivity contribution in [3.8, 4) is 16.9 Å². The normalized spacial score (nSPS) is 26.0. The first-order valence-corrected chi connectivity index (χ1v) is 12.8. The average molecular weight is 549 g/mol. The molecule has 0 bridgehead atoms. The molecule has 5 rings (SSSR count). The van der Waals surface area contributed by atoms with Crippen molar-refractivity contribution in [1.29, 1.82) is 0 Å². The van der Waals surface area contributed by atoms with Gasteiger partial charge in [0.05, 0.1) is 11.6 Å². The van der Waals surface area contributed by atoms with Gasteiger partial charge in [0.15, 0.2) is 11.4 Å². The fourth-order valence-electron chi connectivity index (χ4n) is 6.62. The van der Waals surface area contributed by atoms with Crippen molar-refractivity contribution in [3.05, 3.63) is 58.4 Å². The number of phenolic OH excluding ortho intramolecular Hbond substituents is 1. The SMILES string of the molecule is CN(C)c1cc(-c2cccc(N)c2)c(O)c2c1CC1CC3[C@H](N(C)C)C(=O)C(C(N)=O)=C(O)[C@@]3(O)C(=O)C1=C2O. The first-order chi connectivity index (χ1) is 18.7. The maximum Gasteiger partial charge on any atom is 0.255 e. The number of likely N-dealkylation sites (N-methyl/N-ethyl adjacent to an activating group) is 1. The Hall–Kier alpha value is -4.35. The molecule has 0 radical (unpaired) electrons. The molecule has 40 heavy (non-hydrogen) atoms. The van der Waals surface area contributed by atoms with E-state index >= 15 is 0 Å². The Morgan fingerprint density at radius 3 is 2.33 bits per heavy atom. The quantitative estimate of drug-likeness (QED) is 0.240. The molecule has 1 saturated carbocycles. The predicted octanol–water partition coefficient (Wildman–Crippen LogP) is 1.28. The maximum absolute atomic E-state index is 14.1. The number of nitrogen functional groups attached to an aromatic ring is 1. The van der Waals surface area contributed by atoms with E-state index in [2.05, 4.69) is 0 Å². The number of nitrogens with two attached hydrogens (primary N) is 2. The van der Waals surface area contributed by atoms with Crippen LogP contribution in [0.15, 0.2) is 47.2 Å². The Bertz CT molecular complexity index is 1560. The van der Waals surface area contributed by atoms with Crippen LogP contribution in [0.4, 0.5) is 11.4 Å². The highest BCUT2D eigenvalue weighted by molar-refractivity contribution is 6.24. The van der Waals surface area contributed by atoms with Crippen molar-refractivity contribution in [2.24, 2.45) is 17.6 Å². The second-order valence-electron chi connectivity index (χ2n) is 11.1. The molecular formula is C29H32N4O7. The summed E-state index contributed by atoms with van der Waals surface area (Å²) >= 11 is 0. The van der Waals surface area contributed by atoms with Crippen molar-refractivity contribution in [1.82, 2.24) is 4.90 Å². The standard InChI is InChI=1S/C29H32N4O7/c1-32(2)18-11-15(12-6-5-7-14(30)8-12)23(34)20-16(18)9-13-10-17-22(33(3)4)25(36)21(28(31)39)27(38)29(17,40)26(37)19(13)24(20)35/h5-8,11,13,17,22,34-35,38,40H,9-10,30H2,1-4H3,(H2,31,39)/t13?,17?,22-,29-/m0/s1. The van der Waals surface area contributed by atoms with Crippen LogP contribution in [0.3, 0.4) is 0 Å². The number of aliphatic hydroxyl groups is 3. The van der Waals surface area contributed by atoms with Gasteiger partial charge >= 0.3 is 0 Å².